The molecule has 5 rings (SSSR count). The third-order valence-corrected chi connectivity index (χ3v) is 7.23. The van der Waals surface area contributed by atoms with Gasteiger partial charge in [0.1, 0.15) is 0 Å². The molecule has 2 heterocycles. The summed E-state index contributed by atoms with van der Waals surface area (Å²) < 4.78 is 5.51. The lowest BCUT2D eigenvalue weighted by Gasteiger charge is -2.37. The predicted molar refractivity (Wildman–Crippen MR) is 137 cm³/mol. The van der Waals surface area contributed by atoms with Crippen LogP contribution in [0.15, 0.2) is 77.3 Å². The number of carbonyl (C=O) groups is 1. The Labute approximate surface area is 214 Å². The summed E-state index contributed by atoms with van der Waals surface area (Å²) >= 11 is 6.54. The normalized spacial score (nSPS) is 15.6. The van der Waals surface area contributed by atoms with Gasteiger partial charge >= 0.3 is 5.97 Å². The summed E-state index contributed by atoms with van der Waals surface area (Å²) in [4.78, 5) is 18.3. The molecule has 0 spiro atoms. The first-order chi connectivity index (χ1) is 17.5. The molecule has 0 radical (unpaired) electrons. The zero-order valence-corrected chi connectivity index (χ0v) is 20.4. The average molecular weight is 504 g/mol. The summed E-state index contributed by atoms with van der Waals surface area (Å²) in [7, 11) is 0. The number of nitrogens with zero attached hydrogens (tertiary/aromatic N) is 3. The highest BCUT2D eigenvalue weighted by Gasteiger charge is 2.40. The van der Waals surface area contributed by atoms with Gasteiger partial charge in [-0.15, -0.1) is 0 Å². The highest BCUT2D eigenvalue weighted by atomic mass is 35.5. The van der Waals surface area contributed by atoms with Crippen LogP contribution in [0, 0.1) is 5.41 Å². The Bertz CT molecular complexity index is 1350. The van der Waals surface area contributed by atoms with E-state index in [1.54, 1.807) is 0 Å². The number of rotatable bonds is 7. The van der Waals surface area contributed by atoms with Crippen LogP contribution in [-0.4, -0.2) is 50.9 Å². The average Bonchev–Trinajstić information content (AvgIpc) is 3.40. The number of aliphatic carboxylic acids is 1. The Kier molecular flexibility index (Phi) is 6.87. The van der Waals surface area contributed by atoms with Crippen LogP contribution < -0.4 is 0 Å². The molecule has 3 aromatic carbocycles. The van der Waals surface area contributed by atoms with Gasteiger partial charge in [0.05, 0.1) is 12.0 Å². The van der Waals surface area contributed by atoms with Crippen LogP contribution in [0.4, 0.5) is 0 Å². The van der Waals surface area contributed by atoms with Crippen LogP contribution in [-0.2, 0) is 11.3 Å². The third-order valence-electron chi connectivity index (χ3n) is 6.91. The summed E-state index contributed by atoms with van der Waals surface area (Å²) in [5.41, 5.74) is 3.67. The number of halogens is 1. The fraction of sp³-hybridized carbons (Fsp3) is 0.250. The van der Waals surface area contributed by atoms with Crippen LogP contribution in [0.2, 0.25) is 5.02 Å². The lowest BCUT2D eigenvalue weighted by molar-refractivity contribution is -0.155. The first-order valence-electron chi connectivity index (χ1n) is 11.8. The van der Waals surface area contributed by atoms with Crippen molar-refractivity contribution in [2.75, 3.05) is 19.7 Å². The summed E-state index contributed by atoms with van der Waals surface area (Å²) in [5, 5.41) is 23.7. The molecule has 0 bridgehead atoms. The quantitative estimate of drug-likeness (QED) is 0.349. The van der Waals surface area contributed by atoms with Crippen molar-refractivity contribution in [3.63, 3.8) is 0 Å². The van der Waals surface area contributed by atoms with Crippen molar-refractivity contribution in [2.24, 2.45) is 5.41 Å². The van der Waals surface area contributed by atoms with Crippen LogP contribution in [0.3, 0.4) is 0 Å². The number of hydrogen-bond acceptors (Lipinski definition) is 6. The minimum absolute atomic E-state index is 0.319. The van der Waals surface area contributed by atoms with Crippen molar-refractivity contribution in [3.05, 3.63) is 83.4 Å². The Morgan fingerprint density at radius 3 is 2.31 bits per heavy atom. The van der Waals surface area contributed by atoms with E-state index in [0.29, 0.717) is 49.2 Å². The van der Waals surface area contributed by atoms with Crippen LogP contribution >= 0.6 is 11.6 Å². The molecule has 0 saturated carbocycles. The van der Waals surface area contributed by atoms with Crippen molar-refractivity contribution in [3.8, 4) is 34.0 Å². The van der Waals surface area contributed by atoms with Gasteiger partial charge in [0.15, 0.2) is 0 Å². The van der Waals surface area contributed by atoms with E-state index in [1.165, 1.54) is 0 Å². The molecule has 4 aromatic rings. The van der Waals surface area contributed by atoms with Gasteiger partial charge in [-0.25, -0.2) is 0 Å². The van der Waals surface area contributed by atoms with Gasteiger partial charge in [-0.2, -0.15) is 4.98 Å². The zero-order valence-electron chi connectivity index (χ0n) is 19.6. The first kappa shape index (κ1) is 24.2. The van der Waals surface area contributed by atoms with Crippen molar-refractivity contribution in [2.45, 2.75) is 19.4 Å². The maximum atomic E-state index is 11.5. The highest BCUT2D eigenvalue weighted by molar-refractivity contribution is 6.33. The fourth-order valence-corrected chi connectivity index (χ4v) is 4.84. The first-order valence-corrected chi connectivity index (χ1v) is 12.2. The number of carboxylic acids is 1. The standard InChI is InChI=1S/C28H26ClN3O4/c29-24-16-22(10-11-23(24)20-4-2-1-3-5-20)26-30-25(31-36-26)21-8-6-19(7-9-21)17-32-14-12-28(18-33,13-15-32)27(34)35/h1-11,16,33H,12-15,17-18H2,(H,34,35). The van der Waals surface area contributed by atoms with Gasteiger partial charge < -0.3 is 14.7 Å². The molecule has 184 valence electrons. The van der Waals surface area contributed by atoms with Crippen LogP contribution in [0.5, 0.6) is 0 Å². The van der Waals surface area contributed by atoms with E-state index < -0.39 is 11.4 Å². The third kappa shape index (κ3) is 4.91. The second-order valence-electron chi connectivity index (χ2n) is 9.20. The number of likely N-dealkylation sites (tertiary alicyclic amines) is 1. The number of aromatic nitrogens is 2. The summed E-state index contributed by atoms with van der Waals surface area (Å²) in [6, 6.07) is 23.6. The number of carboxylic acid groups (broad SMARTS) is 1. The van der Waals surface area contributed by atoms with E-state index in [4.69, 9.17) is 16.1 Å². The molecular weight excluding hydrogens is 478 g/mol. The maximum Gasteiger partial charge on any atom is 0.312 e. The lowest BCUT2D eigenvalue weighted by Crippen LogP contribution is -2.46. The van der Waals surface area contributed by atoms with Crippen LogP contribution in [0.25, 0.3) is 34.0 Å². The molecule has 8 heteroatoms. The van der Waals surface area contributed by atoms with Gasteiger partial charge in [-0.3, -0.25) is 9.69 Å². The second-order valence-corrected chi connectivity index (χ2v) is 9.61. The minimum Gasteiger partial charge on any atom is -0.481 e. The fourth-order valence-electron chi connectivity index (χ4n) is 4.55. The van der Waals surface area contributed by atoms with E-state index in [2.05, 4.69) is 15.0 Å². The predicted octanol–water partition coefficient (Wildman–Crippen LogP) is 5.38. The van der Waals surface area contributed by atoms with E-state index in [9.17, 15) is 15.0 Å². The number of benzene rings is 3. The molecule has 2 N–H and O–H groups in total. The van der Waals surface area contributed by atoms with Gasteiger partial charge in [0.25, 0.3) is 5.89 Å². The summed E-state index contributed by atoms with van der Waals surface area (Å²) in [5.74, 6) is -0.0236. The monoisotopic (exact) mass is 503 g/mol. The molecule has 0 unspecified atom stereocenters. The highest BCUT2D eigenvalue weighted by Crippen LogP contribution is 2.33. The molecular formula is C28H26ClN3O4. The Morgan fingerprint density at radius 2 is 1.67 bits per heavy atom. The molecule has 1 aliphatic rings. The molecule has 0 atom stereocenters. The van der Waals surface area contributed by atoms with Gasteiger partial charge in [0, 0.05) is 28.3 Å². The van der Waals surface area contributed by atoms with Crippen molar-refractivity contribution in [1.82, 2.24) is 15.0 Å². The van der Waals surface area contributed by atoms with Gasteiger partial charge in [-0.1, -0.05) is 77.4 Å². The van der Waals surface area contributed by atoms with Crippen molar-refractivity contribution >= 4 is 17.6 Å². The van der Waals surface area contributed by atoms with Crippen molar-refractivity contribution < 1.29 is 19.5 Å². The van der Waals surface area contributed by atoms with E-state index >= 15 is 0 Å². The number of aliphatic hydroxyl groups is 1. The molecule has 1 saturated heterocycles. The Hall–Kier alpha value is -3.52. The van der Waals surface area contributed by atoms with Crippen molar-refractivity contribution in [1.29, 1.82) is 0 Å². The summed E-state index contributed by atoms with van der Waals surface area (Å²) in [6.07, 6.45) is 0.887. The number of piperidine rings is 1. The smallest absolute Gasteiger partial charge is 0.312 e. The molecule has 7 nitrogen and oxygen atoms in total. The van der Waals surface area contributed by atoms with Gasteiger partial charge in [0.2, 0.25) is 5.82 Å². The Balaban J connectivity index is 1.25. The SMILES string of the molecule is O=C(O)C1(CO)CCN(Cc2ccc(-c3noc(-c4ccc(-c5ccccc5)c(Cl)c4)n3)cc2)CC1. The van der Waals surface area contributed by atoms with E-state index in [-0.39, 0.29) is 6.61 Å². The number of aliphatic hydroxyl groups excluding tert-OH is 1. The van der Waals surface area contributed by atoms with Crippen LogP contribution in [0.1, 0.15) is 18.4 Å². The second kappa shape index (κ2) is 10.2. The zero-order chi connectivity index (χ0) is 25.1. The molecule has 36 heavy (non-hydrogen) atoms. The van der Waals surface area contributed by atoms with E-state index in [1.807, 2.05) is 72.8 Å². The minimum atomic E-state index is -1.01. The number of hydrogen-bond donors (Lipinski definition) is 2. The van der Waals surface area contributed by atoms with Gasteiger partial charge in [-0.05, 0) is 49.2 Å². The molecule has 0 aliphatic carbocycles. The molecule has 1 aromatic heterocycles. The lowest BCUT2D eigenvalue weighted by atomic mass is 9.79. The Morgan fingerprint density at radius 1 is 0.972 bits per heavy atom. The summed E-state index contributed by atoms with van der Waals surface area (Å²) in [6.45, 7) is 1.66. The van der Waals surface area contributed by atoms with E-state index in [0.717, 1.165) is 27.8 Å². The molecule has 0 amide bonds. The molecule has 1 fully saturated rings. The maximum absolute atomic E-state index is 11.5. The molecule has 1 aliphatic heterocycles. The largest absolute Gasteiger partial charge is 0.481 e. The topological polar surface area (TPSA) is 99.7 Å².